The Morgan fingerprint density at radius 3 is 2.67 bits per heavy atom. The van der Waals surface area contributed by atoms with Crippen molar-refractivity contribution in [2.24, 2.45) is 0 Å². The lowest BCUT2D eigenvalue weighted by molar-refractivity contribution is -0.126. The van der Waals surface area contributed by atoms with Crippen LogP contribution in [0.2, 0.25) is 0 Å². The van der Waals surface area contributed by atoms with Crippen molar-refractivity contribution in [1.29, 1.82) is 0 Å². The highest BCUT2D eigenvalue weighted by molar-refractivity contribution is 9.10. The van der Waals surface area contributed by atoms with E-state index in [1.807, 2.05) is 32.0 Å². The third-order valence-electron chi connectivity index (χ3n) is 3.88. The summed E-state index contributed by atoms with van der Waals surface area (Å²) in [6.45, 7) is 7.50. The molecule has 0 radical (unpaired) electrons. The molecule has 1 amide bonds. The Morgan fingerprint density at radius 1 is 1.38 bits per heavy atom. The lowest BCUT2D eigenvalue weighted by Crippen LogP contribution is -2.58. The molecular formula is C15H22BrN3O2. The zero-order valence-electron chi connectivity index (χ0n) is 12.7. The lowest BCUT2D eigenvalue weighted by Gasteiger charge is -2.39. The van der Waals surface area contributed by atoms with Gasteiger partial charge in [0.25, 0.3) is 0 Å². The molecule has 1 aliphatic heterocycles. The Hall–Kier alpha value is -1.11. The lowest BCUT2D eigenvalue weighted by atomic mass is 10.0. The zero-order valence-corrected chi connectivity index (χ0v) is 14.3. The summed E-state index contributed by atoms with van der Waals surface area (Å²) in [6, 6.07) is 5.53. The maximum absolute atomic E-state index is 12.7. The third kappa shape index (κ3) is 3.75. The minimum atomic E-state index is -0.551. The number of carbonyl (C=O) groups is 1. The number of amides is 1. The molecule has 1 fully saturated rings. The highest BCUT2D eigenvalue weighted by Crippen LogP contribution is 2.28. The molecule has 0 saturated carbocycles. The summed E-state index contributed by atoms with van der Waals surface area (Å²) >= 11 is 3.46. The molecule has 1 heterocycles. The molecule has 0 bridgehead atoms. The van der Waals surface area contributed by atoms with Crippen molar-refractivity contribution in [3.63, 3.8) is 0 Å². The Labute approximate surface area is 134 Å². The van der Waals surface area contributed by atoms with Crippen LogP contribution < -0.4 is 15.4 Å². The quantitative estimate of drug-likeness (QED) is 0.868. The number of piperazine rings is 1. The van der Waals surface area contributed by atoms with Gasteiger partial charge in [0.05, 0.1) is 18.3 Å². The summed E-state index contributed by atoms with van der Waals surface area (Å²) < 4.78 is 6.04. The number of carbonyl (C=O) groups excluding carboxylic acids is 1. The molecular weight excluding hydrogens is 334 g/mol. The molecule has 0 aliphatic carbocycles. The number of methoxy groups -OCH3 is 1. The van der Waals surface area contributed by atoms with E-state index in [1.165, 1.54) is 0 Å². The van der Waals surface area contributed by atoms with Gasteiger partial charge < -0.3 is 15.4 Å². The van der Waals surface area contributed by atoms with Crippen LogP contribution in [0.25, 0.3) is 0 Å². The Morgan fingerprint density at radius 2 is 2.05 bits per heavy atom. The van der Waals surface area contributed by atoms with Gasteiger partial charge in [-0.15, -0.1) is 0 Å². The molecule has 6 heteroatoms. The number of ether oxygens (including phenoxy) is 1. The minimum Gasteiger partial charge on any atom is -0.497 e. The number of benzene rings is 1. The number of hydrogen-bond acceptors (Lipinski definition) is 4. The largest absolute Gasteiger partial charge is 0.497 e. The molecule has 0 atom stereocenters. The van der Waals surface area contributed by atoms with Crippen molar-refractivity contribution >= 4 is 27.5 Å². The Kier molecular flexibility index (Phi) is 5.24. The van der Waals surface area contributed by atoms with E-state index < -0.39 is 5.54 Å². The van der Waals surface area contributed by atoms with Gasteiger partial charge in [0.1, 0.15) is 5.75 Å². The van der Waals surface area contributed by atoms with Gasteiger partial charge in [0, 0.05) is 36.7 Å². The van der Waals surface area contributed by atoms with Crippen molar-refractivity contribution in [3.8, 4) is 5.75 Å². The molecule has 0 spiro atoms. The zero-order chi connectivity index (χ0) is 15.5. The number of anilines is 1. The van der Waals surface area contributed by atoms with Crippen LogP contribution in [0.15, 0.2) is 22.7 Å². The molecule has 1 aromatic carbocycles. The summed E-state index contributed by atoms with van der Waals surface area (Å²) in [6.07, 6.45) is 0. The van der Waals surface area contributed by atoms with E-state index in [0.717, 1.165) is 36.3 Å². The van der Waals surface area contributed by atoms with E-state index in [-0.39, 0.29) is 5.91 Å². The highest BCUT2D eigenvalue weighted by atomic mass is 79.9. The SMILES string of the molecule is COc1ccc(Br)c(NC(=O)C(C)(C)N2CCNCC2)c1. The second-order valence-electron chi connectivity index (χ2n) is 5.60. The van der Waals surface area contributed by atoms with E-state index in [2.05, 4.69) is 31.5 Å². The van der Waals surface area contributed by atoms with E-state index >= 15 is 0 Å². The Bertz CT molecular complexity index is 514. The average molecular weight is 356 g/mol. The number of hydrogen-bond donors (Lipinski definition) is 2. The third-order valence-corrected chi connectivity index (χ3v) is 4.58. The molecule has 2 rings (SSSR count). The van der Waals surface area contributed by atoms with Crippen molar-refractivity contribution in [3.05, 3.63) is 22.7 Å². The van der Waals surface area contributed by atoms with Gasteiger partial charge in [-0.05, 0) is 41.9 Å². The monoisotopic (exact) mass is 355 g/mol. The first-order valence-electron chi connectivity index (χ1n) is 7.06. The van der Waals surface area contributed by atoms with E-state index in [0.29, 0.717) is 5.75 Å². The van der Waals surface area contributed by atoms with Gasteiger partial charge in [-0.25, -0.2) is 0 Å². The molecule has 1 aromatic rings. The smallest absolute Gasteiger partial charge is 0.244 e. The van der Waals surface area contributed by atoms with Crippen LogP contribution in [0.3, 0.4) is 0 Å². The molecule has 1 aliphatic rings. The topological polar surface area (TPSA) is 53.6 Å². The fraction of sp³-hybridized carbons (Fsp3) is 0.533. The van der Waals surface area contributed by atoms with Crippen LogP contribution in [-0.2, 0) is 4.79 Å². The molecule has 1 saturated heterocycles. The molecule has 21 heavy (non-hydrogen) atoms. The summed E-state index contributed by atoms with van der Waals surface area (Å²) in [7, 11) is 1.61. The van der Waals surface area contributed by atoms with Crippen molar-refractivity contribution in [1.82, 2.24) is 10.2 Å². The highest BCUT2D eigenvalue weighted by Gasteiger charge is 2.35. The molecule has 5 nitrogen and oxygen atoms in total. The van der Waals surface area contributed by atoms with E-state index in [9.17, 15) is 4.79 Å². The molecule has 2 N–H and O–H groups in total. The fourth-order valence-electron chi connectivity index (χ4n) is 2.37. The maximum atomic E-state index is 12.7. The van der Waals surface area contributed by atoms with Crippen molar-refractivity contribution < 1.29 is 9.53 Å². The standard InChI is InChI=1S/C15H22BrN3O2/c1-15(2,19-8-6-17-7-9-19)14(20)18-13-10-11(21-3)4-5-12(13)16/h4-5,10,17H,6-9H2,1-3H3,(H,18,20). The molecule has 0 unspecified atom stereocenters. The number of halogens is 1. The van der Waals surface area contributed by atoms with Crippen LogP contribution in [-0.4, -0.2) is 49.6 Å². The summed E-state index contributed by atoms with van der Waals surface area (Å²) in [4.78, 5) is 14.9. The molecule has 116 valence electrons. The van der Waals surface area contributed by atoms with Crippen LogP contribution in [0.1, 0.15) is 13.8 Å². The van der Waals surface area contributed by atoms with E-state index in [4.69, 9.17) is 4.74 Å². The van der Waals surface area contributed by atoms with Gasteiger partial charge in [-0.3, -0.25) is 9.69 Å². The first kappa shape index (κ1) is 16.3. The summed E-state index contributed by atoms with van der Waals surface area (Å²) in [5.74, 6) is 0.701. The van der Waals surface area contributed by atoms with Gasteiger partial charge in [-0.2, -0.15) is 0 Å². The number of nitrogens with zero attached hydrogens (tertiary/aromatic N) is 1. The summed E-state index contributed by atoms with van der Waals surface area (Å²) in [5, 5.41) is 6.30. The van der Waals surface area contributed by atoms with Gasteiger partial charge in [0.15, 0.2) is 0 Å². The Balaban J connectivity index is 2.12. The van der Waals surface area contributed by atoms with Crippen molar-refractivity contribution in [2.75, 3.05) is 38.6 Å². The van der Waals surface area contributed by atoms with Gasteiger partial charge in [-0.1, -0.05) is 0 Å². The molecule has 0 aromatic heterocycles. The predicted molar refractivity (Wildman–Crippen MR) is 87.8 cm³/mol. The number of nitrogens with one attached hydrogen (secondary N) is 2. The fourth-order valence-corrected chi connectivity index (χ4v) is 2.72. The second kappa shape index (κ2) is 6.77. The second-order valence-corrected chi connectivity index (χ2v) is 6.45. The normalized spacial score (nSPS) is 16.6. The van der Waals surface area contributed by atoms with E-state index in [1.54, 1.807) is 7.11 Å². The minimum absolute atomic E-state index is 0.0154. The predicted octanol–water partition coefficient (Wildman–Crippen LogP) is 2.08. The van der Waals surface area contributed by atoms with Gasteiger partial charge in [0.2, 0.25) is 5.91 Å². The maximum Gasteiger partial charge on any atom is 0.244 e. The van der Waals surface area contributed by atoms with Gasteiger partial charge >= 0.3 is 0 Å². The first-order chi connectivity index (χ1) is 9.95. The van der Waals surface area contributed by atoms with Crippen LogP contribution in [0.5, 0.6) is 5.75 Å². The first-order valence-corrected chi connectivity index (χ1v) is 7.85. The number of rotatable bonds is 4. The van der Waals surface area contributed by atoms with Crippen molar-refractivity contribution in [2.45, 2.75) is 19.4 Å². The van der Waals surface area contributed by atoms with Crippen LogP contribution in [0.4, 0.5) is 5.69 Å². The van der Waals surface area contributed by atoms with Crippen LogP contribution >= 0.6 is 15.9 Å². The summed E-state index contributed by atoms with van der Waals surface area (Å²) in [5.41, 5.74) is 0.174. The van der Waals surface area contributed by atoms with Crippen LogP contribution in [0, 0.1) is 0 Å². The average Bonchev–Trinajstić information content (AvgIpc) is 2.50.